The SMILES string of the molecule is CNCC/C=C1\C=C(c2c(C)c(Cl)cc(C(C)n3nc(C)c4c(N)ncnc43)c2OC)C=NC1. The van der Waals surface area contributed by atoms with Crippen LogP contribution in [0.5, 0.6) is 5.75 Å². The first-order valence-corrected chi connectivity index (χ1v) is 11.6. The highest BCUT2D eigenvalue weighted by Crippen LogP contribution is 2.41. The zero-order valence-electron chi connectivity index (χ0n) is 20.2. The Hall–Kier alpha value is -3.23. The molecule has 1 aromatic carbocycles. The van der Waals surface area contributed by atoms with Gasteiger partial charge in [-0.1, -0.05) is 17.7 Å². The number of methoxy groups -OCH3 is 1. The number of aryl methyl sites for hydroxylation is 1. The number of nitrogen functional groups attached to an aromatic ring is 1. The van der Waals surface area contributed by atoms with Gasteiger partial charge in [0.15, 0.2) is 5.65 Å². The zero-order valence-corrected chi connectivity index (χ0v) is 20.9. The lowest BCUT2D eigenvalue weighted by atomic mass is 9.92. The average Bonchev–Trinajstić information content (AvgIpc) is 3.18. The number of nitrogens with one attached hydrogen (secondary N) is 1. The van der Waals surface area contributed by atoms with Gasteiger partial charge < -0.3 is 15.8 Å². The number of anilines is 1. The number of allylic oxidation sites excluding steroid dienone is 1. The van der Waals surface area contributed by atoms with E-state index < -0.39 is 0 Å². The number of dihydropyridines is 1. The van der Waals surface area contributed by atoms with Crippen LogP contribution in [0.4, 0.5) is 5.82 Å². The molecule has 1 unspecified atom stereocenters. The van der Waals surface area contributed by atoms with E-state index in [4.69, 9.17) is 27.2 Å². The Balaban J connectivity index is 1.86. The average molecular weight is 480 g/mol. The molecule has 34 heavy (non-hydrogen) atoms. The third-order valence-corrected chi connectivity index (χ3v) is 6.55. The topological polar surface area (TPSA) is 103 Å². The summed E-state index contributed by atoms with van der Waals surface area (Å²) in [6.45, 7) is 7.54. The monoisotopic (exact) mass is 479 g/mol. The number of benzene rings is 1. The largest absolute Gasteiger partial charge is 0.496 e. The molecule has 0 aliphatic carbocycles. The quantitative estimate of drug-likeness (QED) is 0.490. The second kappa shape index (κ2) is 9.95. The van der Waals surface area contributed by atoms with Gasteiger partial charge in [0.25, 0.3) is 0 Å². The van der Waals surface area contributed by atoms with Crippen molar-refractivity contribution in [2.24, 2.45) is 4.99 Å². The summed E-state index contributed by atoms with van der Waals surface area (Å²) in [5.41, 5.74) is 12.5. The molecule has 9 heteroatoms. The first-order valence-electron chi connectivity index (χ1n) is 11.2. The second-order valence-corrected chi connectivity index (χ2v) is 8.79. The van der Waals surface area contributed by atoms with Crippen LogP contribution >= 0.6 is 11.6 Å². The Kier molecular flexibility index (Phi) is 7.00. The third kappa shape index (κ3) is 4.31. The van der Waals surface area contributed by atoms with Crippen LogP contribution in [0.3, 0.4) is 0 Å². The van der Waals surface area contributed by atoms with Gasteiger partial charge in [-0.05, 0) is 64.1 Å². The molecule has 3 aromatic rings. The van der Waals surface area contributed by atoms with Crippen LogP contribution in [-0.4, -0.2) is 53.2 Å². The first kappa shape index (κ1) is 23.9. The summed E-state index contributed by atoms with van der Waals surface area (Å²) in [5, 5.41) is 9.31. The predicted octanol–water partition coefficient (Wildman–Crippen LogP) is 4.30. The van der Waals surface area contributed by atoms with Gasteiger partial charge in [-0.2, -0.15) is 5.10 Å². The van der Waals surface area contributed by atoms with E-state index in [-0.39, 0.29) is 6.04 Å². The fourth-order valence-electron chi connectivity index (χ4n) is 4.39. The van der Waals surface area contributed by atoms with Crippen molar-refractivity contribution in [3.63, 3.8) is 0 Å². The number of aromatic nitrogens is 4. The highest BCUT2D eigenvalue weighted by atomic mass is 35.5. The van der Waals surface area contributed by atoms with Gasteiger partial charge in [-0.3, -0.25) is 4.99 Å². The van der Waals surface area contributed by atoms with E-state index in [9.17, 15) is 0 Å². The fraction of sp³-hybridized carbons (Fsp3) is 0.360. The predicted molar refractivity (Wildman–Crippen MR) is 139 cm³/mol. The van der Waals surface area contributed by atoms with Gasteiger partial charge in [0.05, 0.1) is 30.8 Å². The van der Waals surface area contributed by atoms with E-state index in [1.807, 2.05) is 44.8 Å². The Morgan fingerprint density at radius 1 is 1.32 bits per heavy atom. The maximum atomic E-state index is 6.76. The Labute approximate surface area is 204 Å². The smallest absolute Gasteiger partial charge is 0.164 e. The van der Waals surface area contributed by atoms with E-state index in [0.717, 1.165) is 52.1 Å². The number of aliphatic imine (C=N–C) groups is 1. The lowest BCUT2D eigenvalue weighted by Crippen LogP contribution is -2.13. The summed E-state index contributed by atoms with van der Waals surface area (Å²) in [6.07, 6.45) is 8.67. The van der Waals surface area contributed by atoms with E-state index >= 15 is 0 Å². The lowest BCUT2D eigenvalue weighted by molar-refractivity contribution is 0.400. The van der Waals surface area contributed by atoms with Crippen LogP contribution in [0.2, 0.25) is 5.02 Å². The fourth-order valence-corrected chi connectivity index (χ4v) is 4.60. The summed E-state index contributed by atoms with van der Waals surface area (Å²) in [4.78, 5) is 13.2. The number of nitrogens with two attached hydrogens (primary N) is 1. The molecule has 0 bridgehead atoms. The molecule has 0 radical (unpaired) electrons. The van der Waals surface area contributed by atoms with Crippen molar-refractivity contribution in [3.8, 4) is 5.75 Å². The Morgan fingerprint density at radius 3 is 2.85 bits per heavy atom. The first-order chi connectivity index (χ1) is 16.4. The standard InChI is InChI=1S/C25H30ClN7O/c1-14-20(26)10-19(16(3)33-25-22(15(2)32-33)24(27)30-13-31-25)23(34-5)21(14)18-9-17(11-29-12-18)7-6-8-28-4/h7,9-10,12-13,16,28H,6,8,11H2,1-5H3,(H2,27,30,31)/b17-7+. The molecule has 4 rings (SSSR count). The Morgan fingerprint density at radius 2 is 2.12 bits per heavy atom. The van der Waals surface area contributed by atoms with Crippen molar-refractivity contribution in [1.29, 1.82) is 0 Å². The van der Waals surface area contributed by atoms with Crippen molar-refractivity contribution in [1.82, 2.24) is 25.1 Å². The third-order valence-electron chi connectivity index (χ3n) is 6.15. The minimum absolute atomic E-state index is 0.218. The lowest BCUT2D eigenvalue weighted by Gasteiger charge is -2.23. The van der Waals surface area contributed by atoms with E-state index in [1.165, 1.54) is 11.9 Å². The van der Waals surface area contributed by atoms with Crippen molar-refractivity contribution >= 4 is 40.2 Å². The number of hydrogen-bond acceptors (Lipinski definition) is 7. The van der Waals surface area contributed by atoms with E-state index in [0.29, 0.717) is 23.0 Å². The van der Waals surface area contributed by atoms with Crippen LogP contribution in [-0.2, 0) is 0 Å². The zero-order chi connectivity index (χ0) is 24.4. The number of rotatable bonds is 7. The second-order valence-electron chi connectivity index (χ2n) is 8.39. The summed E-state index contributed by atoms with van der Waals surface area (Å²) in [7, 11) is 3.63. The minimum atomic E-state index is -0.218. The molecule has 8 nitrogen and oxygen atoms in total. The highest BCUT2D eigenvalue weighted by molar-refractivity contribution is 6.32. The van der Waals surface area contributed by atoms with Crippen LogP contribution in [0.1, 0.15) is 41.8 Å². The molecule has 1 aliphatic rings. The molecule has 178 valence electrons. The number of nitrogens with zero attached hydrogens (tertiary/aromatic N) is 5. The van der Waals surface area contributed by atoms with Crippen molar-refractivity contribution < 1.29 is 4.74 Å². The van der Waals surface area contributed by atoms with Gasteiger partial charge in [0.2, 0.25) is 0 Å². The molecule has 0 saturated carbocycles. The van der Waals surface area contributed by atoms with Gasteiger partial charge >= 0.3 is 0 Å². The number of ether oxygens (including phenoxy) is 1. The number of halogens is 1. The summed E-state index contributed by atoms with van der Waals surface area (Å²) in [5.74, 6) is 1.16. The molecule has 0 saturated heterocycles. The van der Waals surface area contributed by atoms with E-state index in [1.54, 1.807) is 7.11 Å². The molecule has 3 heterocycles. The molecule has 0 fully saturated rings. The van der Waals surface area contributed by atoms with E-state index in [2.05, 4.69) is 32.4 Å². The summed E-state index contributed by atoms with van der Waals surface area (Å²) >= 11 is 6.76. The van der Waals surface area contributed by atoms with Gasteiger partial charge in [0, 0.05) is 27.9 Å². The van der Waals surface area contributed by atoms with Crippen LogP contribution in [0.25, 0.3) is 16.6 Å². The Bertz CT molecular complexity index is 1320. The number of fused-ring (bicyclic) bond motifs is 1. The van der Waals surface area contributed by atoms with Gasteiger partial charge in [-0.25, -0.2) is 14.6 Å². The molecule has 3 N–H and O–H groups in total. The summed E-state index contributed by atoms with van der Waals surface area (Å²) < 4.78 is 7.85. The molecule has 0 spiro atoms. The van der Waals surface area contributed by atoms with Crippen molar-refractivity contribution in [3.05, 3.63) is 57.5 Å². The van der Waals surface area contributed by atoms with Crippen LogP contribution < -0.4 is 15.8 Å². The van der Waals surface area contributed by atoms with Gasteiger partial charge in [-0.15, -0.1) is 0 Å². The normalized spacial score (nSPS) is 15.7. The molecule has 0 amide bonds. The van der Waals surface area contributed by atoms with Crippen molar-refractivity contribution in [2.45, 2.75) is 33.2 Å². The minimum Gasteiger partial charge on any atom is -0.496 e. The van der Waals surface area contributed by atoms with Gasteiger partial charge in [0.1, 0.15) is 17.9 Å². The molecule has 2 aromatic heterocycles. The van der Waals surface area contributed by atoms with Crippen LogP contribution in [0, 0.1) is 13.8 Å². The van der Waals surface area contributed by atoms with Crippen molar-refractivity contribution in [2.75, 3.05) is 33.0 Å². The maximum Gasteiger partial charge on any atom is 0.164 e. The highest BCUT2D eigenvalue weighted by Gasteiger charge is 2.25. The molecular formula is C25H30ClN7O. The molecule has 1 atom stereocenters. The molecule has 1 aliphatic heterocycles. The molecular weight excluding hydrogens is 450 g/mol. The van der Waals surface area contributed by atoms with Crippen LogP contribution in [0.15, 0.2) is 35.1 Å². The number of hydrogen-bond donors (Lipinski definition) is 2. The summed E-state index contributed by atoms with van der Waals surface area (Å²) in [6, 6.07) is 1.73. The maximum absolute atomic E-state index is 6.76.